The molecule has 2 fully saturated rings. The smallest absolute Gasteiger partial charge is 0.337 e. The van der Waals surface area contributed by atoms with Crippen LogP contribution in [-0.4, -0.2) is 29.1 Å². The summed E-state index contributed by atoms with van der Waals surface area (Å²) in [6, 6.07) is 13.1. The number of hydrogen-bond acceptors (Lipinski definition) is 5. The summed E-state index contributed by atoms with van der Waals surface area (Å²) in [6.45, 7) is 6.29. The maximum Gasteiger partial charge on any atom is 0.337 e. The molecule has 1 saturated heterocycles. The van der Waals surface area contributed by atoms with Crippen LogP contribution in [-0.2, 0) is 0 Å². The van der Waals surface area contributed by atoms with E-state index in [4.69, 9.17) is 4.42 Å². The highest BCUT2D eigenvalue weighted by Gasteiger charge is 2.47. The average molecular weight is 442 g/mol. The van der Waals surface area contributed by atoms with Crippen molar-refractivity contribution < 1.29 is 14.3 Å². The minimum atomic E-state index is -0.948. The summed E-state index contributed by atoms with van der Waals surface area (Å²) in [5.41, 5.74) is 7.14. The monoisotopic (exact) mass is 441 g/mol. The highest BCUT2D eigenvalue weighted by atomic mass is 16.4. The van der Waals surface area contributed by atoms with Gasteiger partial charge in [-0.2, -0.15) is 0 Å². The molecular formula is C27H27N3O3. The highest BCUT2D eigenvalue weighted by Crippen LogP contribution is 2.51. The number of aryl methyl sites for hydroxylation is 1. The number of aromatic carboxylic acids is 1. The Labute approximate surface area is 192 Å². The van der Waals surface area contributed by atoms with Crippen LogP contribution < -0.4 is 10.2 Å². The third kappa shape index (κ3) is 3.16. The number of nitrogens with zero attached hydrogens (tertiary/aromatic N) is 2. The highest BCUT2D eigenvalue weighted by molar-refractivity contribution is 6.08. The van der Waals surface area contributed by atoms with Gasteiger partial charge in [-0.05, 0) is 56.5 Å². The van der Waals surface area contributed by atoms with Crippen LogP contribution in [0.15, 0.2) is 53.1 Å². The van der Waals surface area contributed by atoms with E-state index in [1.54, 1.807) is 18.2 Å². The maximum atomic E-state index is 11.7. The van der Waals surface area contributed by atoms with Gasteiger partial charge in [0, 0.05) is 41.3 Å². The van der Waals surface area contributed by atoms with Crippen LogP contribution in [0.5, 0.6) is 0 Å². The molecule has 4 aromatic rings. The lowest BCUT2D eigenvalue weighted by Gasteiger charge is -2.56. The van der Waals surface area contributed by atoms with Crippen molar-refractivity contribution in [2.24, 2.45) is 5.41 Å². The van der Waals surface area contributed by atoms with Crippen molar-refractivity contribution in [3.63, 3.8) is 0 Å². The lowest BCUT2D eigenvalue weighted by atomic mass is 9.63. The number of aromatic nitrogens is 1. The summed E-state index contributed by atoms with van der Waals surface area (Å²) in [4.78, 5) is 18.8. The van der Waals surface area contributed by atoms with Crippen molar-refractivity contribution in [2.45, 2.75) is 39.2 Å². The van der Waals surface area contributed by atoms with Crippen molar-refractivity contribution in [3.8, 4) is 0 Å². The van der Waals surface area contributed by atoms with Crippen molar-refractivity contribution in [3.05, 3.63) is 65.4 Å². The van der Waals surface area contributed by atoms with E-state index in [2.05, 4.69) is 40.3 Å². The number of carbonyl (C=O) groups is 1. The van der Waals surface area contributed by atoms with E-state index < -0.39 is 5.97 Å². The number of pyridine rings is 1. The van der Waals surface area contributed by atoms with Gasteiger partial charge in [-0.3, -0.25) is 4.98 Å². The molecule has 33 heavy (non-hydrogen) atoms. The van der Waals surface area contributed by atoms with Crippen LogP contribution >= 0.6 is 0 Å². The van der Waals surface area contributed by atoms with Crippen LogP contribution in [0, 0.1) is 12.3 Å². The summed E-state index contributed by atoms with van der Waals surface area (Å²) < 4.78 is 6.52. The summed E-state index contributed by atoms with van der Waals surface area (Å²) in [5.74, 6) is -0.948. The molecule has 1 aliphatic heterocycles. The third-order valence-electron chi connectivity index (χ3n) is 7.41. The second-order valence-corrected chi connectivity index (χ2v) is 9.77. The number of hydrogen-bond donors (Lipinski definition) is 2. The lowest BCUT2D eigenvalue weighted by molar-refractivity contribution is 0.0698. The zero-order valence-corrected chi connectivity index (χ0v) is 18.9. The molecule has 0 bridgehead atoms. The molecule has 0 radical (unpaired) electrons. The predicted octanol–water partition coefficient (Wildman–Crippen LogP) is 6.15. The summed E-state index contributed by atoms with van der Waals surface area (Å²) in [5, 5.41) is 13.9. The standard InChI is InChI=1S/C27H27N3O3/c1-16-12-19(17(2)29-21-7-4-3-6-18(21)26(31)32)24-20(13-16)23-25(33-24)22(8-11-28-23)30-14-27(15-30)9-5-10-27/h3-4,6-8,11-13,17,29H,5,9-10,14-15H2,1-2H3,(H,31,32). The predicted molar refractivity (Wildman–Crippen MR) is 130 cm³/mol. The van der Waals surface area contributed by atoms with Crippen molar-refractivity contribution >= 4 is 39.4 Å². The van der Waals surface area contributed by atoms with Crippen molar-refractivity contribution in [2.75, 3.05) is 23.3 Å². The number of anilines is 2. The molecule has 6 rings (SSSR count). The maximum absolute atomic E-state index is 11.7. The van der Waals surface area contributed by atoms with E-state index >= 15 is 0 Å². The molecular weight excluding hydrogens is 414 g/mol. The summed E-state index contributed by atoms with van der Waals surface area (Å²) in [7, 11) is 0. The zero-order valence-electron chi connectivity index (χ0n) is 18.9. The van der Waals surface area contributed by atoms with E-state index in [9.17, 15) is 9.90 Å². The van der Waals surface area contributed by atoms with Crippen molar-refractivity contribution in [1.29, 1.82) is 0 Å². The fourth-order valence-corrected chi connectivity index (χ4v) is 5.53. The molecule has 3 heterocycles. The molecule has 2 N–H and O–H groups in total. The number of carboxylic acid groups (broad SMARTS) is 1. The lowest BCUT2D eigenvalue weighted by Crippen LogP contribution is -2.59. The number of nitrogens with one attached hydrogen (secondary N) is 1. The Hall–Kier alpha value is -3.54. The largest absolute Gasteiger partial charge is 0.478 e. The fraction of sp³-hybridized carbons (Fsp3) is 0.333. The van der Waals surface area contributed by atoms with Gasteiger partial charge in [-0.15, -0.1) is 0 Å². The van der Waals surface area contributed by atoms with Crippen molar-refractivity contribution in [1.82, 2.24) is 4.98 Å². The Kier molecular flexibility index (Phi) is 4.41. The first-order valence-corrected chi connectivity index (χ1v) is 11.6. The number of furan rings is 1. The van der Waals surface area contributed by atoms with Gasteiger partial charge in [0.2, 0.25) is 0 Å². The first-order valence-electron chi connectivity index (χ1n) is 11.6. The average Bonchev–Trinajstić information content (AvgIpc) is 3.10. The molecule has 2 aromatic heterocycles. The molecule has 0 amide bonds. The first kappa shape index (κ1) is 20.1. The van der Waals surface area contributed by atoms with Gasteiger partial charge in [0.25, 0.3) is 0 Å². The Morgan fingerprint density at radius 1 is 1.18 bits per heavy atom. The number of rotatable bonds is 5. The van der Waals surface area contributed by atoms with Gasteiger partial charge in [-0.1, -0.05) is 24.6 Å². The second-order valence-electron chi connectivity index (χ2n) is 9.77. The minimum absolute atomic E-state index is 0.154. The Balaban J connectivity index is 1.42. The minimum Gasteiger partial charge on any atom is -0.478 e. The molecule has 6 heteroatoms. The number of carboxylic acids is 1. The van der Waals surface area contributed by atoms with E-state index in [0.717, 1.165) is 52.0 Å². The Morgan fingerprint density at radius 3 is 2.70 bits per heavy atom. The molecule has 1 aliphatic carbocycles. The summed E-state index contributed by atoms with van der Waals surface area (Å²) >= 11 is 0. The van der Waals surface area contributed by atoms with Gasteiger partial charge in [0.1, 0.15) is 11.1 Å². The quantitative estimate of drug-likeness (QED) is 0.387. The molecule has 1 unspecified atom stereocenters. The van der Waals surface area contributed by atoms with Crippen LogP contribution in [0.2, 0.25) is 0 Å². The molecule has 1 atom stereocenters. The Bertz CT molecular complexity index is 1390. The number of benzene rings is 2. The molecule has 2 aromatic carbocycles. The van der Waals surface area contributed by atoms with Crippen LogP contribution in [0.3, 0.4) is 0 Å². The molecule has 1 saturated carbocycles. The topological polar surface area (TPSA) is 78.6 Å². The first-order chi connectivity index (χ1) is 15.9. The summed E-state index contributed by atoms with van der Waals surface area (Å²) in [6.07, 6.45) is 5.90. The third-order valence-corrected chi connectivity index (χ3v) is 7.41. The molecule has 6 nitrogen and oxygen atoms in total. The van der Waals surface area contributed by atoms with Gasteiger partial charge in [0.05, 0.1) is 17.3 Å². The number of para-hydroxylation sites is 1. The van der Waals surface area contributed by atoms with Crippen LogP contribution in [0.4, 0.5) is 11.4 Å². The van der Waals surface area contributed by atoms with Gasteiger partial charge < -0.3 is 19.7 Å². The van der Waals surface area contributed by atoms with Crippen LogP contribution in [0.1, 0.15) is 53.7 Å². The van der Waals surface area contributed by atoms with E-state index in [1.807, 2.05) is 19.2 Å². The van der Waals surface area contributed by atoms with Gasteiger partial charge >= 0.3 is 5.97 Å². The zero-order chi connectivity index (χ0) is 22.7. The van der Waals surface area contributed by atoms with E-state index in [1.165, 1.54) is 19.3 Å². The number of fused-ring (bicyclic) bond motifs is 3. The molecule has 2 aliphatic rings. The van der Waals surface area contributed by atoms with E-state index in [-0.39, 0.29) is 11.6 Å². The fourth-order valence-electron chi connectivity index (χ4n) is 5.53. The van der Waals surface area contributed by atoms with E-state index in [0.29, 0.717) is 11.1 Å². The normalized spacial score (nSPS) is 17.7. The second kappa shape index (κ2) is 7.24. The van der Waals surface area contributed by atoms with Gasteiger partial charge in [0.15, 0.2) is 5.58 Å². The molecule has 1 spiro atoms. The Morgan fingerprint density at radius 2 is 1.97 bits per heavy atom. The SMILES string of the molecule is Cc1cc(C(C)Nc2ccccc2C(=O)O)c2oc3c(N4CC5(CCC5)C4)ccnc3c2c1. The molecule has 168 valence electrons. The van der Waals surface area contributed by atoms with Crippen LogP contribution in [0.25, 0.3) is 22.1 Å². The van der Waals surface area contributed by atoms with Gasteiger partial charge in [-0.25, -0.2) is 4.79 Å².